The number of allylic oxidation sites excluding steroid dienone is 5. The maximum absolute atomic E-state index is 7.03. The van der Waals surface area contributed by atoms with Crippen LogP contribution < -0.4 is 70.5 Å². The normalized spacial score (nSPS) is 14.2. The fourth-order valence-electron chi connectivity index (χ4n) is 8.12. The molecule has 18 heteroatoms. The topological polar surface area (TPSA) is 13.1 Å². The number of fused-ring (bicyclic) bond motifs is 4. The van der Waals surface area contributed by atoms with E-state index in [1.807, 2.05) is 36.4 Å². The van der Waals surface area contributed by atoms with E-state index in [-0.39, 0.29) is 150 Å². The zero-order valence-electron chi connectivity index (χ0n) is 33.3. The Morgan fingerprint density at radius 2 is 1.15 bits per heavy atom. The van der Waals surface area contributed by atoms with E-state index in [0.717, 1.165) is 10.8 Å². The van der Waals surface area contributed by atoms with Crippen LogP contribution in [0.5, 0.6) is 0 Å². The zero-order valence-corrected chi connectivity index (χ0v) is 33.3. The molecule has 0 saturated carbocycles. The van der Waals surface area contributed by atoms with Crippen LogP contribution >= 0.6 is 0 Å². The third-order valence-electron chi connectivity index (χ3n) is 11.4. The summed E-state index contributed by atoms with van der Waals surface area (Å²) in [5.74, 6) is 4.94. The SMILES string of the molecule is [B]C/C([B])=C(/[B])c1c([B])c([B])c([B])c(C2=c3c([B])c([B])c([B])c([B])c3=C(c3c([B])c([B])c(-c4ccc5oc6ccccc6c5c4)c([B])c3[B])C/C2=C([B])\C([B])=C(\[B])C#C)c1C#C. The van der Waals surface area contributed by atoms with Crippen LogP contribution in [0.3, 0.4) is 0 Å². The molecule has 0 amide bonds. The van der Waals surface area contributed by atoms with Gasteiger partial charge in [0.15, 0.2) is 0 Å². The fourth-order valence-corrected chi connectivity index (χ4v) is 8.12. The lowest BCUT2D eigenvalue weighted by Gasteiger charge is -2.33. The minimum absolute atomic E-state index is 0.0119. The van der Waals surface area contributed by atoms with Crippen LogP contribution in [-0.2, 0) is 0 Å². The molecule has 1 aliphatic rings. The number of rotatable bonds is 6. The van der Waals surface area contributed by atoms with Crippen molar-refractivity contribution in [2.24, 2.45) is 0 Å². The molecule has 0 unspecified atom stereocenters. The number of hydrogen-bond donors (Lipinski definition) is 0. The van der Waals surface area contributed by atoms with Crippen LogP contribution in [0.4, 0.5) is 0 Å². The second kappa shape index (κ2) is 17.0. The molecule has 6 aromatic rings. The molecule has 0 atom stereocenters. The molecule has 0 bridgehead atoms. The smallest absolute Gasteiger partial charge is 0.135 e. The van der Waals surface area contributed by atoms with E-state index >= 15 is 0 Å². The Kier molecular flexibility index (Phi) is 12.4. The summed E-state index contributed by atoms with van der Waals surface area (Å²) in [4.78, 5) is 0. The largest absolute Gasteiger partial charge is 0.456 e. The van der Waals surface area contributed by atoms with E-state index in [2.05, 4.69) is 11.8 Å². The summed E-state index contributed by atoms with van der Waals surface area (Å²) in [5, 5.41) is 1.99. The zero-order chi connectivity index (χ0) is 45.4. The maximum atomic E-state index is 7.03. The Balaban J connectivity index is 1.73. The summed E-state index contributed by atoms with van der Waals surface area (Å²) in [5.41, 5.74) is 2.15. The standard InChI is InChI=1S/C44H13B17O/c1-3-15-26(36(53)42(59)40(57)28(15)32(49)21(47)13-45)25-19(31(48)33(50)20(46)4-2)12-18(27-30(25)41(58)44(61)43(60)37(27)54)29-38(55)34(51)24(35(52)39(29)56)14-9-10-23-17(11-14)16-7-5-6-8-22(16)62-23/h1-2,5-11H,12-13H2/b31-19-,32-21-,33-20-. The molecule has 1 aromatic heterocycles. The molecule has 7 rings (SSSR count). The summed E-state index contributed by atoms with van der Waals surface area (Å²) >= 11 is 0. The number of benzene rings is 5. The molecule has 62 heavy (non-hydrogen) atoms. The monoisotopic (exact) mass is 744 g/mol. The summed E-state index contributed by atoms with van der Waals surface area (Å²) in [6.45, 7) is 0. The predicted molar refractivity (Wildman–Crippen MR) is 277 cm³/mol. The molecule has 1 heterocycles. The van der Waals surface area contributed by atoms with Gasteiger partial charge in [0.25, 0.3) is 0 Å². The van der Waals surface area contributed by atoms with Crippen molar-refractivity contribution in [3.05, 3.63) is 103 Å². The van der Waals surface area contributed by atoms with Gasteiger partial charge in [-0.2, -0.15) is 0 Å². The molecule has 34 radical (unpaired) electrons. The molecule has 0 fully saturated rings. The Morgan fingerprint density at radius 1 is 0.597 bits per heavy atom. The second-order valence-electron chi connectivity index (χ2n) is 14.7. The van der Waals surface area contributed by atoms with Crippen molar-refractivity contribution in [3.8, 4) is 35.8 Å². The van der Waals surface area contributed by atoms with E-state index in [9.17, 15) is 0 Å². The van der Waals surface area contributed by atoms with Crippen LogP contribution in [0, 0.1) is 24.7 Å². The van der Waals surface area contributed by atoms with Gasteiger partial charge in [0.1, 0.15) is 137 Å². The Hall–Kier alpha value is -4.92. The number of furan rings is 1. The highest BCUT2D eigenvalue weighted by molar-refractivity contribution is 6.65. The Morgan fingerprint density at radius 3 is 1.74 bits per heavy atom. The van der Waals surface area contributed by atoms with Gasteiger partial charge in [0.2, 0.25) is 0 Å². The van der Waals surface area contributed by atoms with Gasteiger partial charge in [0, 0.05) is 16.3 Å². The first-order valence-corrected chi connectivity index (χ1v) is 18.6. The van der Waals surface area contributed by atoms with Gasteiger partial charge in [-0.25, -0.2) is 0 Å². The molecular weight excluding hydrogens is 728 g/mol. The van der Waals surface area contributed by atoms with Crippen molar-refractivity contribution < 1.29 is 4.42 Å². The molecule has 246 valence electrons. The van der Waals surface area contributed by atoms with Gasteiger partial charge in [-0.3, -0.25) is 0 Å². The first-order valence-electron chi connectivity index (χ1n) is 18.6. The van der Waals surface area contributed by atoms with E-state index in [1.54, 1.807) is 6.07 Å². The van der Waals surface area contributed by atoms with Crippen LogP contribution in [0.25, 0.3) is 49.7 Å². The molecule has 0 N–H and O–H groups in total. The van der Waals surface area contributed by atoms with E-state index in [1.165, 1.54) is 0 Å². The summed E-state index contributed by atoms with van der Waals surface area (Å²) in [6, 6.07) is 13.1. The van der Waals surface area contributed by atoms with E-state index < -0.39 is 0 Å². The predicted octanol–water partition coefficient (Wildman–Crippen LogP) is -7.04. The lowest BCUT2D eigenvalue weighted by Crippen LogP contribution is -2.66. The maximum Gasteiger partial charge on any atom is 0.135 e. The van der Waals surface area contributed by atoms with Gasteiger partial charge in [-0.15, -0.1) is 45.7 Å². The minimum Gasteiger partial charge on any atom is -0.456 e. The third kappa shape index (κ3) is 6.88. The molecular formula is C44H13B17O. The lowest BCUT2D eigenvalue weighted by molar-refractivity contribution is 0.669. The summed E-state index contributed by atoms with van der Waals surface area (Å²) in [6.07, 6.45) is 11.6. The molecule has 5 aromatic carbocycles. The van der Waals surface area contributed by atoms with Gasteiger partial charge < -0.3 is 4.42 Å². The second-order valence-corrected chi connectivity index (χ2v) is 14.7. The van der Waals surface area contributed by atoms with Crippen molar-refractivity contribution in [2.45, 2.75) is 12.7 Å². The van der Waals surface area contributed by atoms with E-state index in [0.29, 0.717) is 22.3 Å². The van der Waals surface area contributed by atoms with Gasteiger partial charge >= 0.3 is 0 Å². The van der Waals surface area contributed by atoms with Crippen LogP contribution in [0.2, 0.25) is 6.32 Å². The quantitative estimate of drug-likeness (QED) is 0.122. The summed E-state index contributed by atoms with van der Waals surface area (Å²) in [7, 11) is 113. The van der Waals surface area contributed by atoms with Crippen molar-refractivity contribution in [1.29, 1.82) is 0 Å². The third-order valence-corrected chi connectivity index (χ3v) is 11.4. The van der Waals surface area contributed by atoms with Gasteiger partial charge in [0.05, 0.1) is 7.85 Å². The van der Waals surface area contributed by atoms with Gasteiger partial charge in [-0.05, 0) is 79.6 Å². The molecule has 0 aliphatic heterocycles. The van der Waals surface area contributed by atoms with Crippen LogP contribution in [0.15, 0.2) is 74.3 Å². The first kappa shape index (κ1) is 45.1. The average Bonchev–Trinajstić information content (AvgIpc) is 3.65. The lowest BCUT2D eigenvalue weighted by atomic mass is 9.57. The minimum atomic E-state index is -0.224. The fraction of sp³-hybridized carbons (Fsp3) is 0.0455. The summed E-state index contributed by atoms with van der Waals surface area (Å²) < 4.78 is 6.04. The number of para-hydroxylation sites is 1. The van der Waals surface area contributed by atoms with Crippen molar-refractivity contribution in [1.82, 2.24) is 0 Å². The highest BCUT2D eigenvalue weighted by Crippen LogP contribution is 2.36. The van der Waals surface area contributed by atoms with Crippen molar-refractivity contribution >= 4 is 232 Å². The molecule has 1 aliphatic carbocycles. The first-order chi connectivity index (χ1) is 29.3. The number of hydrogen-bond acceptors (Lipinski definition) is 1. The van der Waals surface area contributed by atoms with E-state index in [4.69, 9.17) is 151 Å². The van der Waals surface area contributed by atoms with Crippen molar-refractivity contribution in [3.63, 3.8) is 0 Å². The average molecular weight is 741 g/mol. The Bertz CT molecular complexity index is 3310. The highest BCUT2D eigenvalue weighted by atomic mass is 16.3. The molecule has 1 nitrogen and oxygen atoms in total. The highest BCUT2D eigenvalue weighted by Gasteiger charge is 2.30. The van der Waals surface area contributed by atoms with Crippen LogP contribution in [0.1, 0.15) is 28.7 Å². The van der Waals surface area contributed by atoms with Crippen molar-refractivity contribution in [2.75, 3.05) is 0 Å². The molecule has 0 saturated heterocycles. The Labute approximate surface area is 385 Å². The number of terminal acetylenes is 2. The van der Waals surface area contributed by atoms with Gasteiger partial charge in [-0.1, -0.05) is 97.1 Å². The molecule has 0 spiro atoms. The van der Waals surface area contributed by atoms with Crippen LogP contribution in [-0.4, -0.2) is 133 Å².